The first-order valence-corrected chi connectivity index (χ1v) is 3.75. The lowest BCUT2D eigenvalue weighted by Crippen LogP contribution is -2.02. The molecule has 1 aromatic rings. The normalized spacial score (nSPS) is 10.1. The molecule has 0 aliphatic heterocycles. The second-order valence-electron chi connectivity index (χ2n) is 2.55. The number of nitrogens with zero attached hydrogens (tertiary/aromatic N) is 3. The fourth-order valence-electron chi connectivity index (χ4n) is 0.944. The van der Waals surface area contributed by atoms with Crippen LogP contribution in [0.15, 0.2) is 6.33 Å². The molecule has 12 heavy (non-hydrogen) atoms. The van der Waals surface area contributed by atoms with Crippen LogP contribution in [0.1, 0.15) is 18.7 Å². The van der Waals surface area contributed by atoms with Crippen molar-refractivity contribution < 1.29 is 9.90 Å². The van der Waals surface area contributed by atoms with Gasteiger partial charge in [0.15, 0.2) is 0 Å². The Bertz CT molecular complexity index is 269. The van der Waals surface area contributed by atoms with Crippen molar-refractivity contribution in [2.45, 2.75) is 19.3 Å². The van der Waals surface area contributed by atoms with Gasteiger partial charge in [-0.15, -0.1) is 0 Å². The minimum absolute atomic E-state index is 0.187. The van der Waals surface area contributed by atoms with Gasteiger partial charge in [0.05, 0.1) is 0 Å². The van der Waals surface area contributed by atoms with Gasteiger partial charge in [0.2, 0.25) is 0 Å². The number of carbonyl (C=O) groups is 1. The van der Waals surface area contributed by atoms with Gasteiger partial charge >= 0.3 is 5.97 Å². The van der Waals surface area contributed by atoms with Crippen molar-refractivity contribution in [3.05, 3.63) is 12.2 Å². The summed E-state index contributed by atoms with van der Waals surface area (Å²) in [5.74, 6) is 0.0634. The van der Waals surface area contributed by atoms with Gasteiger partial charge in [-0.1, -0.05) is 0 Å². The van der Waals surface area contributed by atoms with Crippen LogP contribution in [0.4, 0.5) is 0 Å². The topological polar surface area (TPSA) is 68.0 Å². The molecule has 66 valence electrons. The lowest BCUT2D eigenvalue weighted by molar-refractivity contribution is -0.137. The summed E-state index contributed by atoms with van der Waals surface area (Å²) < 4.78 is 1.65. The molecule has 0 spiro atoms. The van der Waals surface area contributed by atoms with Crippen molar-refractivity contribution in [1.29, 1.82) is 0 Å². The van der Waals surface area contributed by atoms with E-state index in [1.54, 1.807) is 11.7 Å². The fraction of sp³-hybridized carbons (Fsp3) is 0.571. The lowest BCUT2D eigenvalue weighted by Gasteiger charge is -1.97. The molecule has 0 bridgehead atoms. The van der Waals surface area contributed by atoms with E-state index in [1.165, 1.54) is 6.33 Å². The smallest absolute Gasteiger partial charge is 0.303 e. The molecular formula is C7H11N3O2. The number of aryl methyl sites for hydroxylation is 2. The summed E-state index contributed by atoms with van der Waals surface area (Å²) in [4.78, 5) is 14.1. The third-order valence-electron chi connectivity index (χ3n) is 1.60. The van der Waals surface area contributed by atoms with E-state index in [-0.39, 0.29) is 6.42 Å². The highest BCUT2D eigenvalue weighted by atomic mass is 16.4. The van der Waals surface area contributed by atoms with Crippen LogP contribution in [0.2, 0.25) is 0 Å². The standard InChI is InChI=1S/C7H11N3O2/c1-10-6(8-5-9-10)3-2-4-7(11)12/h5H,2-4H2,1H3,(H,11,12). The summed E-state index contributed by atoms with van der Waals surface area (Å²) >= 11 is 0. The van der Waals surface area contributed by atoms with E-state index in [0.717, 1.165) is 5.82 Å². The van der Waals surface area contributed by atoms with E-state index in [9.17, 15) is 4.79 Å². The molecule has 0 saturated heterocycles. The number of aromatic nitrogens is 3. The first-order chi connectivity index (χ1) is 5.70. The Labute approximate surface area is 70.0 Å². The predicted octanol–water partition coefficient (Wildman–Crippen LogP) is 0.222. The second-order valence-corrected chi connectivity index (χ2v) is 2.55. The summed E-state index contributed by atoms with van der Waals surface area (Å²) in [5.41, 5.74) is 0. The second kappa shape index (κ2) is 3.85. The van der Waals surface area contributed by atoms with E-state index in [1.807, 2.05) is 0 Å². The Kier molecular flexibility index (Phi) is 2.79. The van der Waals surface area contributed by atoms with Crippen LogP contribution in [-0.4, -0.2) is 25.8 Å². The maximum atomic E-state index is 10.2. The zero-order valence-electron chi connectivity index (χ0n) is 6.90. The molecule has 1 N–H and O–H groups in total. The number of hydrogen-bond acceptors (Lipinski definition) is 3. The van der Waals surface area contributed by atoms with Crippen LogP contribution < -0.4 is 0 Å². The first kappa shape index (κ1) is 8.70. The van der Waals surface area contributed by atoms with E-state index >= 15 is 0 Å². The molecule has 0 atom stereocenters. The first-order valence-electron chi connectivity index (χ1n) is 3.75. The van der Waals surface area contributed by atoms with Gasteiger partial charge in [0, 0.05) is 19.9 Å². The number of rotatable bonds is 4. The maximum absolute atomic E-state index is 10.2. The average molecular weight is 169 g/mol. The monoisotopic (exact) mass is 169 g/mol. The minimum Gasteiger partial charge on any atom is -0.481 e. The van der Waals surface area contributed by atoms with Crippen molar-refractivity contribution >= 4 is 5.97 Å². The molecule has 0 aliphatic rings. The number of carboxylic acids is 1. The Balaban J connectivity index is 2.33. The average Bonchev–Trinajstić information content (AvgIpc) is 2.36. The van der Waals surface area contributed by atoms with Crippen molar-refractivity contribution in [3.8, 4) is 0 Å². The molecule has 1 rings (SSSR count). The molecule has 0 aromatic carbocycles. The third kappa shape index (κ3) is 2.34. The number of aliphatic carboxylic acids is 1. The zero-order chi connectivity index (χ0) is 8.97. The zero-order valence-corrected chi connectivity index (χ0v) is 6.90. The highest BCUT2D eigenvalue weighted by Crippen LogP contribution is 1.99. The Morgan fingerprint density at radius 1 is 1.75 bits per heavy atom. The Hall–Kier alpha value is -1.39. The van der Waals surface area contributed by atoms with E-state index in [2.05, 4.69) is 10.1 Å². The van der Waals surface area contributed by atoms with Crippen LogP contribution in [-0.2, 0) is 18.3 Å². The number of carboxylic acid groups (broad SMARTS) is 1. The van der Waals surface area contributed by atoms with Crippen molar-refractivity contribution in [1.82, 2.24) is 14.8 Å². The highest BCUT2D eigenvalue weighted by molar-refractivity contribution is 5.66. The minimum atomic E-state index is -0.767. The van der Waals surface area contributed by atoms with E-state index in [4.69, 9.17) is 5.11 Å². The van der Waals surface area contributed by atoms with Crippen molar-refractivity contribution in [2.75, 3.05) is 0 Å². The summed E-state index contributed by atoms with van der Waals surface area (Å²) in [5, 5.41) is 12.2. The van der Waals surface area contributed by atoms with Crippen LogP contribution in [0.5, 0.6) is 0 Å². The van der Waals surface area contributed by atoms with Gasteiger partial charge in [-0.3, -0.25) is 9.48 Å². The lowest BCUT2D eigenvalue weighted by atomic mass is 10.2. The van der Waals surface area contributed by atoms with E-state index < -0.39 is 5.97 Å². The van der Waals surface area contributed by atoms with Gasteiger partial charge in [-0.2, -0.15) is 5.10 Å². The van der Waals surface area contributed by atoms with Crippen molar-refractivity contribution in [3.63, 3.8) is 0 Å². The Morgan fingerprint density at radius 2 is 2.50 bits per heavy atom. The molecule has 0 unspecified atom stereocenters. The molecule has 0 aliphatic carbocycles. The number of hydrogen-bond donors (Lipinski definition) is 1. The third-order valence-corrected chi connectivity index (χ3v) is 1.60. The van der Waals surface area contributed by atoms with Crippen LogP contribution in [0, 0.1) is 0 Å². The molecular weight excluding hydrogens is 158 g/mol. The van der Waals surface area contributed by atoms with E-state index in [0.29, 0.717) is 12.8 Å². The summed E-state index contributed by atoms with van der Waals surface area (Å²) in [6.07, 6.45) is 2.94. The van der Waals surface area contributed by atoms with Gasteiger partial charge in [0.1, 0.15) is 12.2 Å². The van der Waals surface area contributed by atoms with Crippen LogP contribution in [0.25, 0.3) is 0 Å². The van der Waals surface area contributed by atoms with Gasteiger partial charge in [-0.25, -0.2) is 4.98 Å². The van der Waals surface area contributed by atoms with Gasteiger partial charge in [0.25, 0.3) is 0 Å². The summed E-state index contributed by atoms with van der Waals surface area (Å²) in [6.45, 7) is 0. The maximum Gasteiger partial charge on any atom is 0.303 e. The molecule has 1 heterocycles. The summed E-state index contributed by atoms with van der Waals surface area (Å²) in [6, 6.07) is 0. The quantitative estimate of drug-likeness (QED) is 0.700. The van der Waals surface area contributed by atoms with Gasteiger partial charge in [-0.05, 0) is 6.42 Å². The molecule has 0 amide bonds. The molecule has 5 nitrogen and oxygen atoms in total. The van der Waals surface area contributed by atoms with Crippen LogP contribution in [0.3, 0.4) is 0 Å². The summed E-state index contributed by atoms with van der Waals surface area (Å²) in [7, 11) is 1.79. The molecule has 0 saturated carbocycles. The van der Waals surface area contributed by atoms with Crippen LogP contribution >= 0.6 is 0 Å². The van der Waals surface area contributed by atoms with Crippen molar-refractivity contribution in [2.24, 2.45) is 7.05 Å². The molecule has 5 heteroatoms. The largest absolute Gasteiger partial charge is 0.481 e. The fourth-order valence-corrected chi connectivity index (χ4v) is 0.944. The molecule has 0 fully saturated rings. The van der Waals surface area contributed by atoms with Gasteiger partial charge < -0.3 is 5.11 Å². The molecule has 0 radical (unpaired) electrons. The predicted molar refractivity (Wildman–Crippen MR) is 41.6 cm³/mol. The Morgan fingerprint density at radius 3 is 3.00 bits per heavy atom. The highest BCUT2D eigenvalue weighted by Gasteiger charge is 2.01. The molecule has 1 aromatic heterocycles. The SMILES string of the molecule is Cn1ncnc1CCCC(=O)O.